The van der Waals surface area contributed by atoms with Crippen LogP contribution in [0.15, 0.2) is 5.16 Å². The molecule has 0 radical (unpaired) electrons. The Kier molecular flexibility index (Phi) is 3.09. The average molecular weight is 187 g/mol. The van der Waals surface area contributed by atoms with Crippen LogP contribution in [0.5, 0.6) is 12.0 Å². The van der Waals surface area contributed by atoms with E-state index < -0.39 is 0 Å². The molecule has 1 heterocycles. The van der Waals surface area contributed by atoms with Gasteiger partial charge in [-0.2, -0.15) is 9.97 Å². The summed E-state index contributed by atoms with van der Waals surface area (Å²) in [6.07, 6.45) is 1.87. The van der Waals surface area contributed by atoms with Gasteiger partial charge < -0.3 is 9.47 Å². The Morgan fingerprint density at radius 1 is 1.00 bits per heavy atom. The molecule has 0 N–H and O–H groups in total. The number of hydrogen-bond donors (Lipinski definition) is 0. The lowest BCUT2D eigenvalue weighted by atomic mass is 11.0. The van der Waals surface area contributed by atoms with Gasteiger partial charge >= 0.3 is 12.0 Å². The van der Waals surface area contributed by atoms with Gasteiger partial charge in [-0.25, -0.2) is 0 Å². The Morgan fingerprint density at radius 2 is 1.50 bits per heavy atom. The van der Waals surface area contributed by atoms with Crippen molar-refractivity contribution in [3.63, 3.8) is 0 Å². The summed E-state index contributed by atoms with van der Waals surface area (Å²) >= 11 is 1.41. The zero-order chi connectivity index (χ0) is 8.97. The molecule has 0 amide bonds. The fourth-order valence-electron chi connectivity index (χ4n) is 0.594. The maximum atomic E-state index is 4.84. The van der Waals surface area contributed by atoms with E-state index >= 15 is 0 Å². The summed E-state index contributed by atoms with van der Waals surface area (Å²) in [5, 5.41) is 0.582. The molecule has 66 valence electrons. The second kappa shape index (κ2) is 4.10. The first-order valence-corrected chi connectivity index (χ1v) is 4.40. The first kappa shape index (κ1) is 9.05. The molecule has 0 bridgehead atoms. The van der Waals surface area contributed by atoms with Gasteiger partial charge in [-0.05, 0) is 6.26 Å². The molecule has 6 heteroatoms. The Labute approximate surface area is 74.5 Å². The average Bonchev–Trinajstić information content (AvgIpc) is 2.16. The molecule has 0 fully saturated rings. The number of hydrogen-bond acceptors (Lipinski definition) is 6. The van der Waals surface area contributed by atoms with Crippen molar-refractivity contribution in [1.82, 2.24) is 15.0 Å². The van der Waals surface area contributed by atoms with Crippen LogP contribution < -0.4 is 9.47 Å². The van der Waals surface area contributed by atoms with E-state index in [1.165, 1.54) is 26.0 Å². The van der Waals surface area contributed by atoms with Gasteiger partial charge in [0.05, 0.1) is 14.2 Å². The standard InChI is InChI=1S/C6H9N3O2S/c1-10-4-7-5(11-2)9-6(8-4)12-3/h1-3H3. The van der Waals surface area contributed by atoms with Crippen molar-refractivity contribution in [2.24, 2.45) is 0 Å². The van der Waals surface area contributed by atoms with Crippen molar-refractivity contribution >= 4 is 11.8 Å². The molecule has 0 aliphatic carbocycles. The van der Waals surface area contributed by atoms with Crippen LogP contribution in [0.3, 0.4) is 0 Å². The zero-order valence-electron chi connectivity index (χ0n) is 7.07. The molecule has 0 aromatic carbocycles. The van der Waals surface area contributed by atoms with Crippen LogP contribution in [-0.4, -0.2) is 35.4 Å². The Bertz CT molecular complexity index is 214. The predicted molar refractivity (Wildman–Crippen MR) is 44.7 cm³/mol. The maximum Gasteiger partial charge on any atom is 0.323 e. The number of nitrogens with zero attached hydrogens (tertiary/aromatic N) is 3. The van der Waals surface area contributed by atoms with Gasteiger partial charge in [-0.15, -0.1) is 4.98 Å². The van der Waals surface area contributed by atoms with Crippen molar-refractivity contribution in [2.75, 3.05) is 20.5 Å². The molecule has 1 aromatic heterocycles. The molecule has 0 atom stereocenters. The highest BCUT2D eigenvalue weighted by molar-refractivity contribution is 7.98. The minimum absolute atomic E-state index is 0.270. The van der Waals surface area contributed by atoms with Gasteiger partial charge in [0, 0.05) is 0 Å². The van der Waals surface area contributed by atoms with Gasteiger partial charge in [-0.1, -0.05) is 11.8 Å². The van der Waals surface area contributed by atoms with Gasteiger partial charge in [0.2, 0.25) is 0 Å². The molecular weight excluding hydrogens is 178 g/mol. The van der Waals surface area contributed by atoms with Crippen molar-refractivity contribution in [3.05, 3.63) is 0 Å². The molecule has 5 nitrogen and oxygen atoms in total. The molecule has 12 heavy (non-hydrogen) atoms. The van der Waals surface area contributed by atoms with E-state index in [9.17, 15) is 0 Å². The summed E-state index contributed by atoms with van der Waals surface area (Å²) in [7, 11) is 3.00. The second-order valence-corrected chi connectivity index (χ2v) is 2.57. The molecule has 1 aromatic rings. The summed E-state index contributed by atoms with van der Waals surface area (Å²) in [4.78, 5) is 11.8. The molecule has 1 rings (SSSR count). The van der Waals surface area contributed by atoms with Crippen LogP contribution >= 0.6 is 11.8 Å². The summed E-state index contributed by atoms with van der Waals surface area (Å²) in [5.41, 5.74) is 0. The molecular formula is C6H9N3O2S. The third-order valence-electron chi connectivity index (χ3n) is 1.12. The van der Waals surface area contributed by atoms with E-state index in [0.29, 0.717) is 5.16 Å². The van der Waals surface area contributed by atoms with E-state index in [1.54, 1.807) is 0 Å². The number of rotatable bonds is 3. The van der Waals surface area contributed by atoms with Crippen molar-refractivity contribution in [2.45, 2.75) is 5.16 Å². The lowest BCUT2D eigenvalue weighted by molar-refractivity contribution is 0.332. The number of ether oxygens (including phenoxy) is 2. The normalized spacial score (nSPS) is 9.58. The highest BCUT2D eigenvalue weighted by Crippen LogP contribution is 2.15. The fourth-order valence-corrected chi connectivity index (χ4v) is 0.933. The quantitative estimate of drug-likeness (QED) is 0.646. The van der Waals surface area contributed by atoms with Crippen LogP contribution in [0.4, 0.5) is 0 Å². The van der Waals surface area contributed by atoms with Gasteiger partial charge in [0.1, 0.15) is 0 Å². The first-order chi connectivity index (χ1) is 5.80. The van der Waals surface area contributed by atoms with Crippen LogP contribution in [0.1, 0.15) is 0 Å². The Balaban J connectivity index is 3.01. The Hall–Kier alpha value is -1.04. The molecule has 0 aliphatic heterocycles. The summed E-state index contributed by atoms with van der Waals surface area (Å²) < 4.78 is 9.69. The third-order valence-corrected chi connectivity index (χ3v) is 1.67. The summed E-state index contributed by atoms with van der Waals surface area (Å²) in [6.45, 7) is 0. The van der Waals surface area contributed by atoms with Gasteiger partial charge in [-0.3, -0.25) is 0 Å². The van der Waals surface area contributed by atoms with Crippen molar-refractivity contribution in [1.29, 1.82) is 0 Å². The topological polar surface area (TPSA) is 57.1 Å². The van der Waals surface area contributed by atoms with E-state index in [-0.39, 0.29) is 12.0 Å². The molecule has 0 saturated heterocycles. The van der Waals surface area contributed by atoms with E-state index in [0.717, 1.165) is 0 Å². The second-order valence-electron chi connectivity index (χ2n) is 1.80. The molecule has 0 unspecified atom stereocenters. The van der Waals surface area contributed by atoms with Crippen LogP contribution in [0.25, 0.3) is 0 Å². The summed E-state index contributed by atoms with van der Waals surface area (Å²) in [6, 6.07) is 0.539. The third kappa shape index (κ3) is 1.97. The number of methoxy groups -OCH3 is 2. The number of thioether (sulfide) groups is 1. The van der Waals surface area contributed by atoms with Crippen LogP contribution in [-0.2, 0) is 0 Å². The molecule has 0 aliphatic rings. The predicted octanol–water partition coefficient (Wildman–Crippen LogP) is 0.611. The smallest absolute Gasteiger partial charge is 0.323 e. The van der Waals surface area contributed by atoms with E-state index in [1.807, 2.05) is 6.26 Å². The fraction of sp³-hybridized carbons (Fsp3) is 0.500. The van der Waals surface area contributed by atoms with Gasteiger partial charge in [0.25, 0.3) is 0 Å². The minimum Gasteiger partial charge on any atom is -0.467 e. The maximum absolute atomic E-state index is 4.84. The summed E-state index contributed by atoms with van der Waals surface area (Å²) in [5.74, 6) is 0. The number of aromatic nitrogens is 3. The van der Waals surface area contributed by atoms with E-state index in [2.05, 4.69) is 15.0 Å². The van der Waals surface area contributed by atoms with E-state index in [4.69, 9.17) is 9.47 Å². The van der Waals surface area contributed by atoms with Crippen LogP contribution in [0.2, 0.25) is 0 Å². The lowest BCUT2D eigenvalue weighted by Crippen LogP contribution is -1.99. The lowest BCUT2D eigenvalue weighted by Gasteiger charge is -2.01. The highest BCUT2D eigenvalue weighted by Gasteiger charge is 2.04. The van der Waals surface area contributed by atoms with Crippen LogP contribution in [0, 0.1) is 0 Å². The van der Waals surface area contributed by atoms with Crippen molar-refractivity contribution in [3.8, 4) is 12.0 Å². The zero-order valence-corrected chi connectivity index (χ0v) is 7.88. The molecule has 0 saturated carbocycles. The molecule has 0 spiro atoms. The van der Waals surface area contributed by atoms with Crippen molar-refractivity contribution < 1.29 is 9.47 Å². The largest absolute Gasteiger partial charge is 0.467 e. The Morgan fingerprint density at radius 3 is 1.83 bits per heavy atom. The first-order valence-electron chi connectivity index (χ1n) is 3.18. The van der Waals surface area contributed by atoms with Gasteiger partial charge in [0.15, 0.2) is 5.16 Å². The highest BCUT2D eigenvalue weighted by atomic mass is 32.2. The minimum atomic E-state index is 0.270. The monoisotopic (exact) mass is 187 g/mol. The SMILES string of the molecule is COc1nc(OC)nc(SC)n1.